The molecule has 1 N–H and O–H groups in total. The highest BCUT2D eigenvalue weighted by atomic mass is 14.9. The van der Waals surface area contributed by atoms with Crippen molar-refractivity contribution < 1.29 is 0 Å². The van der Waals surface area contributed by atoms with Crippen LogP contribution in [0, 0.1) is 24.2 Å². The molecule has 0 atom stereocenters. The van der Waals surface area contributed by atoms with E-state index in [1.54, 1.807) is 0 Å². The van der Waals surface area contributed by atoms with Crippen molar-refractivity contribution in [3.05, 3.63) is 47.0 Å². The lowest BCUT2D eigenvalue weighted by molar-refractivity contribution is 0.357. The van der Waals surface area contributed by atoms with Gasteiger partial charge < -0.3 is 5.32 Å². The summed E-state index contributed by atoms with van der Waals surface area (Å²) in [5.41, 5.74) is 4.05. The molecule has 1 saturated heterocycles. The molecule has 18 heavy (non-hydrogen) atoms. The van der Waals surface area contributed by atoms with E-state index in [0.717, 1.165) is 25.1 Å². The molecule has 94 valence electrons. The number of hydrogen-bond donors (Lipinski definition) is 1. The first-order valence-electron chi connectivity index (χ1n) is 6.56. The van der Waals surface area contributed by atoms with Gasteiger partial charge in [0.2, 0.25) is 0 Å². The third-order valence-corrected chi connectivity index (χ3v) is 3.49. The summed E-state index contributed by atoms with van der Waals surface area (Å²) in [5.74, 6) is 6.44. The first-order chi connectivity index (χ1) is 8.58. The molecule has 0 unspecified atom stereocenters. The average molecular weight is 239 g/mol. The molecule has 1 fully saturated rings. The van der Waals surface area contributed by atoms with E-state index in [2.05, 4.69) is 68.3 Å². The highest BCUT2D eigenvalue weighted by molar-refractivity contribution is 5.40. The number of benzene rings is 1. The summed E-state index contributed by atoms with van der Waals surface area (Å²) in [5, 5.41) is 3.43. The van der Waals surface area contributed by atoms with Crippen molar-refractivity contribution in [1.29, 1.82) is 0 Å². The Morgan fingerprint density at radius 2 is 2.17 bits per heavy atom. The van der Waals surface area contributed by atoms with Crippen molar-refractivity contribution in [3.8, 4) is 11.8 Å². The molecule has 1 heteroatoms. The van der Waals surface area contributed by atoms with E-state index in [4.69, 9.17) is 0 Å². The van der Waals surface area contributed by atoms with Gasteiger partial charge in [-0.2, -0.15) is 0 Å². The molecule has 0 radical (unpaired) electrons. The third-order valence-electron chi connectivity index (χ3n) is 3.49. The molecule has 0 amide bonds. The molecule has 0 spiro atoms. The van der Waals surface area contributed by atoms with Gasteiger partial charge in [0.1, 0.15) is 0 Å². The number of allylic oxidation sites excluding steroid dienone is 1. The fourth-order valence-corrected chi connectivity index (χ4v) is 2.27. The zero-order chi connectivity index (χ0) is 13.0. The molecule has 0 saturated carbocycles. The van der Waals surface area contributed by atoms with Crippen molar-refractivity contribution in [2.24, 2.45) is 5.41 Å². The van der Waals surface area contributed by atoms with Crippen LogP contribution in [0.1, 0.15) is 31.4 Å². The second-order valence-electron chi connectivity index (χ2n) is 5.62. The molecular weight excluding hydrogens is 218 g/mol. The fraction of sp³-hybridized carbons (Fsp3) is 0.412. The summed E-state index contributed by atoms with van der Waals surface area (Å²) in [6, 6.07) is 8.34. The number of nitrogens with one attached hydrogen (secondary N) is 1. The second-order valence-corrected chi connectivity index (χ2v) is 5.62. The van der Waals surface area contributed by atoms with E-state index in [1.807, 2.05) is 0 Å². The van der Waals surface area contributed by atoms with E-state index in [-0.39, 0.29) is 5.41 Å². The van der Waals surface area contributed by atoms with Crippen LogP contribution in [0.25, 0.3) is 0 Å². The van der Waals surface area contributed by atoms with Crippen molar-refractivity contribution in [3.63, 3.8) is 0 Å². The summed E-state index contributed by atoms with van der Waals surface area (Å²) in [6.07, 6.45) is 3.22. The van der Waals surface area contributed by atoms with Crippen LogP contribution in [0.4, 0.5) is 0 Å². The van der Waals surface area contributed by atoms with Gasteiger partial charge in [0.05, 0.1) is 0 Å². The lowest BCUT2D eigenvalue weighted by Crippen LogP contribution is -2.37. The van der Waals surface area contributed by atoms with E-state index >= 15 is 0 Å². The third kappa shape index (κ3) is 3.24. The molecule has 1 aromatic carbocycles. The van der Waals surface area contributed by atoms with Gasteiger partial charge in [-0.1, -0.05) is 43.4 Å². The van der Waals surface area contributed by atoms with Crippen molar-refractivity contribution in [2.45, 2.75) is 27.2 Å². The van der Waals surface area contributed by atoms with Crippen LogP contribution < -0.4 is 5.32 Å². The van der Waals surface area contributed by atoms with Crippen molar-refractivity contribution in [2.75, 3.05) is 13.1 Å². The normalized spacial score (nSPS) is 20.3. The summed E-state index contributed by atoms with van der Waals surface area (Å²) in [6.45, 7) is 8.77. The minimum atomic E-state index is 0.236. The molecule has 1 nitrogen and oxygen atoms in total. The van der Waals surface area contributed by atoms with Gasteiger partial charge in [-0.15, -0.1) is 0 Å². The standard InChI is InChI=1S/C17H21N/c1-14-6-4-7-15(12-14)8-5-9-16-10-11-18-13-17(16,2)3/h4,6-7,9,12,18H,10-11,13H2,1-3H3. The van der Waals surface area contributed by atoms with E-state index in [0.29, 0.717) is 0 Å². The topological polar surface area (TPSA) is 12.0 Å². The van der Waals surface area contributed by atoms with E-state index < -0.39 is 0 Å². The van der Waals surface area contributed by atoms with E-state index in [9.17, 15) is 0 Å². The highest BCUT2D eigenvalue weighted by Crippen LogP contribution is 2.30. The van der Waals surface area contributed by atoms with Crippen molar-refractivity contribution in [1.82, 2.24) is 5.32 Å². The highest BCUT2D eigenvalue weighted by Gasteiger charge is 2.25. The van der Waals surface area contributed by atoms with Crippen LogP contribution in [0.15, 0.2) is 35.9 Å². The van der Waals surface area contributed by atoms with Gasteiger partial charge in [-0.25, -0.2) is 0 Å². The summed E-state index contributed by atoms with van der Waals surface area (Å²) < 4.78 is 0. The minimum absolute atomic E-state index is 0.236. The van der Waals surface area contributed by atoms with Gasteiger partial charge >= 0.3 is 0 Å². The van der Waals surface area contributed by atoms with Gasteiger partial charge in [0.25, 0.3) is 0 Å². The first kappa shape index (κ1) is 12.9. The lowest BCUT2D eigenvalue weighted by atomic mass is 9.79. The maximum atomic E-state index is 3.43. The minimum Gasteiger partial charge on any atom is -0.316 e. The zero-order valence-electron chi connectivity index (χ0n) is 11.5. The molecular formula is C17H21N. The molecule has 0 aliphatic carbocycles. The Balaban J connectivity index is 2.15. The van der Waals surface area contributed by atoms with Crippen LogP contribution in [-0.2, 0) is 0 Å². The SMILES string of the molecule is Cc1cccc(C#CC=C2CCNCC2(C)C)c1. The van der Waals surface area contributed by atoms with Crippen LogP contribution in [0.5, 0.6) is 0 Å². The van der Waals surface area contributed by atoms with Gasteiger partial charge in [-0.3, -0.25) is 0 Å². The summed E-state index contributed by atoms with van der Waals surface area (Å²) in [7, 11) is 0. The Kier molecular flexibility index (Phi) is 3.89. The van der Waals surface area contributed by atoms with Gasteiger partial charge in [-0.05, 0) is 49.1 Å². The maximum Gasteiger partial charge on any atom is 0.0251 e. The summed E-state index contributed by atoms with van der Waals surface area (Å²) in [4.78, 5) is 0. The Morgan fingerprint density at radius 3 is 2.89 bits per heavy atom. The monoisotopic (exact) mass is 239 g/mol. The average Bonchev–Trinajstić information content (AvgIpc) is 2.31. The number of piperidine rings is 1. The fourth-order valence-electron chi connectivity index (χ4n) is 2.27. The van der Waals surface area contributed by atoms with Crippen molar-refractivity contribution >= 4 is 0 Å². The van der Waals surface area contributed by atoms with E-state index in [1.165, 1.54) is 11.1 Å². The molecule has 1 aromatic rings. The predicted octanol–water partition coefficient (Wildman–Crippen LogP) is 3.29. The largest absolute Gasteiger partial charge is 0.316 e. The Hall–Kier alpha value is -1.52. The first-order valence-corrected chi connectivity index (χ1v) is 6.56. The smallest absolute Gasteiger partial charge is 0.0251 e. The molecule has 0 bridgehead atoms. The molecule has 0 aromatic heterocycles. The van der Waals surface area contributed by atoms with Crippen LogP contribution >= 0.6 is 0 Å². The molecule has 1 aliphatic heterocycles. The van der Waals surface area contributed by atoms with Gasteiger partial charge in [0, 0.05) is 12.1 Å². The number of hydrogen-bond acceptors (Lipinski definition) is 1. The number of aryl methyl sites for hydroxylation is 1. The Labute approximate surface area is 110 Å². The molecule has 1 heterocycles. The van der Waals surface area contributed by atoms with Crippen LogP contribution in [-0.4, -0.2) is 13.1 Å². The van der Waals surface area contributed by atoms with Gasteiger partial charge in [0.15, 0.2) is 0 Å². The van der Waals surface area contributed by atoms with Crippen LogP contribution in [0.3, 0.4) is 0 Å². The summed E-state index contributed by atoms with van der Waals surface area (Å²) >= 11 is 0. The van der Waals surface area contributed by atoms with Crippen LogP contribution in [0.2, 0.25) is 0 Å². The second kappa shape index (κ2) is 5.42. The quantitative estimate of drug-likeness (QED) is 0.685. The lowest BCUT2D eigenvalue weighted by Gasteiger charge is -2.33. The Morgan fingerprint density at radius 1 is 1.33 bits per heavy atom. The molecule has 2 rings (SSSR count). The molecule has 1 aliphatic rings. The maximum absolute atomic E-state index is 3.43. The predicted molar refractivity (Wildman–Crippen MR) is 77.4 cm³/mol. The zero-order valence-corrected chi connectivity index (χ0v) is 11.5. The number of rotatable bonds is 0. The Bertz CT molecular complexity index is 512.